The van der Waals surface area contributed by atoms with Gasteiger partial charge in [-0.05, 0) is 19.5 Å². The fourth-order valence-electron chi connectivity index (χ4n) is 0.748. The molecule has 0 aliphatic rings. The summed E-state index contributed by atoms with van der Waals surface area (Å²) in [6.45, 7) is 2.12. The third-order valence-electron chi connectivity index (χ3n) is 1.28. The Labute approximate surface area is 61.8 Å². The van der Waals surface area contributed by atoms with Crippen molar-refractivity contribution in [1.82, 2.24) is 9.78 Å². The van der Waals surface area contributed by atoms with Crippen molar-refractivity contribution in [2.75, 3.05) is 7.05 Å². The van der Waals surface area contributed by atoms with Crippen molar-refractivity contribution in [3.63, 3.8) is 0 Å². The summed E-state index contributed by atoms with van der Waals surface area (Å²) in [5, 5.41) is 4.00. The molecule has 0 aliphatic carbocycles. The zero-order valence-corrected chi connectivity index (χ0v) is 6.83. The highest BCUT2D eigenvalue weighted by Gasteiger charge is 1.90. The van der Waals surface area contributed by atoms with Crippen molar-refractivity contribution in [2.45, 2.75) is 13.3 Å². The van der Waals surface area contributed by atoms with Crippen molar-refractivity contribution in [2.24, 2.45) is 12.8 Å². The van der Waals surface area contributed by atoms with E-state index < -0.39 is 0 Å². The molecule has 0 bridgehead atoms. The van der Waals surface area contributed by atoms with Gasteiger partial charge in [-0.25, -0.2) is 0 Å². The lowest BCUT2D eigenvalue weighted by molar-refractivity contribution is 0.718. The maximum absolute atomic E-state index is 4.50. The van der Waals surface area contributed by atoms with Gasteiger partial charge in [0.2, 0.25) is 0 Å². The van der Waals surface area contributed by atoms with E-state index in [1.807, 2.05) is 24.0 Å². The zero-order valence-electron chi connectivity index (χ0n) is 6.83. The molecule has 0 unspecified atom stereocenters. The van der Waals surface area contributed by atoms with Gasteiger partial charge in [-0.1, -0.05) is 6.92 Å². The van der Waals surface area contributed by atoms with Crippen molar-refractivity contribution >= 4 is 0 Å². The van der Waals surface area contributed by atoms with Gasteiger partial charge in [-0.2, -0.15) is 5.10 Å². The Bertz CT molecular complexity index is 169. The number of nitrogens with two attached hydrogens (primary N) is 1. The molecule has 10 heavy (non-hydrogen) atoms. The van der Waals surface area contributed by atoms with Crippen LogP contribution in [0.1, 0.15) is 12.6 Å². The first-order chi connectivity index (χ1) is 4.84. The summed E-state index contributed by atoms with van der Waals surface area (Å²) in [5.74, 6) is 0. The van der Waals surface area contributed by atoms with Gasteiger partial charge in [0.05, 0.1) is 0 Å². The van der Waals surface area contributed by atoms with E-state index >= 15 is 0 Å². The first-order valence-electron chi connectivity index (χ1n) is 3.39. The van der Waals surface area contributed by atoms with E-state index in [9.17, 15) is 0 Å². The molecule has 0 saturated heterocycles. The van der Waals surface area contributed by atoms with Gasteiger partial charge in [0.15, 0.2) is 0 Å². The van der Waals surface area contributed by atoms with E-state index in [0.717, 1.165) is 6.42 Å². The lowest BCUT2D eigenvalue weighted by atomic mass is 10.3. The lowest BCUT2D eigenvalue weighted by Crippen LogP contribution is -1.94. The van der Waals surface area contributed by atoms with Crippen LogP contribution in [-0.2, 0) is 13.5 Å². The standard InChI is InChI=1S/C6H10N2.CH5N/c1-3-6-4-5-7-8(6)2;1-2/h4-5H,3H2,1-2H3;2H2,1H3. The van der Waals surface area contributed by atoms with Crippen LogP contribution in [0.4, 0.5) is 0 Å². The monoisotopic (exact) mass is 141 g/mol. The molecule has 1 aromatic heterocycles. The van der Waals surface area contributed by atoms with Crippen LogP contribution >= 0.6 is 0 Å². The SMILES string of the molecule is CCc1ccnn1C.CN. The molecule has 2 N–H and O–H groups in total. The smallest absolute Gasteiger partial charge is 0.0492 e. The van der Waals surface area contributed by atoms with E-state index in [1.54, 1.807) is 0 Å². The first-order valence-corrected chi connectivity index (χ1v) is 3.39. The second-order valence-electron chi connectivity index (χ2n) is 1.80. The number of aryl methyl sites for hydroxylation is 2. The van der Waals surface area contributed by atoms with E-state index in [0.29, 0.717) is 0 Å². The van der Waals surface area contributed by atoms with E-state index in [2.05, 4.69) is 17.8 Å². The minimum absolute atomic E-state index is 1.07. The summed E-state index contributed by atoms with van der Waals surface area (Å²) in [7, 11) is 3.46. The molecule has 0 aromatic carbocycles. The van der Waals surface area contributed by atoms with Crippen LogP contribution in [0.5, 0.6) is 0 Å². The average molecular weight is 141 g/mol. The molecular weight excluding hydrogens is 126 g/mol. The van der Waals surface area contributed by atoms with Gasteiger partial charge < -0.3 is 5.73 Å². The Morgan fingerprint density at radius 1 is 1.60 bits per heavy atom. The molecule has 0 radical (unpaired) electrons. The van der Waals surface area contributed by atoms with Crippen LogP contribution in [0.2, 0.25) is 0 Å². The molecule has 1 rings (SSSR count). The summed E-state index contributed by atoms with van der Waals surface area (Å²) in [4.78, 5) is 0. The summed E-state index contributed by atoms with van der Waals surface area (Å²) in [6, 6.07) is 2.03. The molecule has 1 heterocycles. The Balaban J connectivity index is 0.000000371. The fourth-order valence-corrected chi connectivity index (χ4v) is 0.748. The molecule has 0 amide bonds. The van der Waals surface area contributed by atoms with Crippen molar-refractivity contribution < 1.29 is 0 Å². The Kier molecular flexibility index (Phi) is 4.58. The maximum atomic E-state index is 4.50. The quantitative estimate of drug-likeness (QED) is 0.621. The third-order valence-corrected chi connectivity index (χ3v) is 1.28. The molecule has 0 fully saturated rings. The number of nitrogens with zero attached hydrogens (tertiary/aromatic N) is 2. The zero-order chi connectivity index (χ0) is 7.98. The van der Waals surface area contributed by atoms with Crippen LogP contribution in [0.3, 0.4) is 0 Å². The molecule has 58 valence electrons. The van der Waals surface area contributed by atoms with Gasteiger partial charge in [0.1, 0.15) is 0 Å². The van der Waals surface area contributed by atoms with E-state index in [1.165, 1.54) is 12.7 Å². The van der Waals surface area contributed by atoms with E-state index in [4.69, 9.17) is 0 Å². The highest BCUT2D eigenvalue weighted by molar-refractivity contribution is 4.98. The molecule has 3 heteroatoms. The fraction of sp³-hybridized carbons (Fsp3) is 0.571. The first kappa shape index (κ1) is 9.17. The Morgan fingerprint density at radius 3 is 2.40 bits per heavy atom. The van der Waals surface area contributed by atoms with Crippen LogP contribution in [0.25, 0.3) is 0 Å². The van der Waals surface area contributed by atoms with Gasteiger partial charge in [-0.15, -0.1) is 0 Å². The highest BCUT2D eigenvalue weighted by Crippen LogP contribution is 1.94. The Morgan fingerprint density at radius 2 is 2.20 bits per heavy atom. The van der Waals surface area contributed by atoms with Gasteiger partial charge in [0.25, 0.3) is 0 Å². The molecule has 3 nitrogen and oxygen atoms in total. The topological polar surface area (TPSA) is 43.8 Å². The molecule has 0 atom stereocenters. The van der Waals surface area contributed by atoms with Gasteiger partial charge in [0, 0.05) is 18.9 Å². The van der Waals surface area contributed by atoms with Gasteiger partial charge >= 0.3 is 0 Å². The molecular formula is C7H15N3. The van der Waals surface area contributed by atoms with Crippen molar-refractivity contribution in [3.8, 4) is 0 Å². The highest BCUT2D eigenvalue weighted by atomic mass is 15.2. The lowest BCUT2D eigenvalue weighted by Gasteiger charge is -1.92. The summed E-state index contributed by atoms with van der Waals surface area (Å²) in [5.41, 5.74) is 5.78. The van der Waals surface area contributed by atoms with Crippen LogP contribution < -0.4 is 5.73 Å². The van der Waals surface area contributed by atoms with E-state index in [-0.39, 0.29) is 0 Å². The molecule has 0 saturated carbocycles. The van der Waals surface area contributed by atoms with Gasteiger partial charge in [-0.3, -0.25) is 4.68 Å². The normalized spacial score (nSPS) is 8.40. The number of hydrogen-bond acceptors (Lipinski definition) is 2. The molecule has 1 aromatic rings. The van der Waals surface area contributed by atoms with Crippen LogP contribution in [0, 0.1) is 0 Å². The van der Waals surface area contributed by atoms with Crippen LogP contribution in [0.15, 0.2) is 12.3 Å². The van der Waals surface area contributed by atoms with Crippen LogP contribution in [-0.4, -0.2) is 16.8 Å². The minimum Gasteiger partial charge on any atom is -0.333 e. The number of aromatic nitrogens is 2. The Hall–Kier alpha value is -0.830. The summed E-state index contributed by atoms with van der Waals surface area (Å²) in [6.07, 6.45) is 2.88. The largest absolute Gasteiger partial charge is 0.333 e. The number of hydrogen-bond donors (Lipinski definition) is 1. The molecule has 0 spiro atoms. The van der Waals surface area contributed by atoms with Crippen molar-refractivity contribution in [1.29, 1.82) is 0 Å². The predicted octanol–water partition coefficient (Wildman–Crippen LogP) is 0.557. The average Bonchev–Trinajstić information content (AvgIpc) is 2.39. The second-order valence-corrected chi connectivity index (χ2v) is 1.80. The summed E-state index contributed by atoms with van der Waals surface area (Å²) < 4.78 is 1.89. The molecule has 0 aliphatic heterocycles. The maximum Gasteiger partial charge on any atom is 0.0492 e. The minimum atomic E-state index is 1.07. The predicted molar refractivity (Wildman–Crippen MR) is 42.7 cm³/mol. The summed E-state index contributed by atoms with van der Waals surface area (Å²) >= 11 is 0. The third kappa shape index (κ3) is 2.19. The second kappa shape index (κ2) is 4.99. The number of rotatable bonds is 1. The van der Waals surface area contributed by atoms with Crippen molar-refractivity contribution in [3.05, 3.63) is 18.0 Å².